The second kappa shape index (κ2) is 10.1. The van der Waals surface area contributed by atoms with Gasteiger partial charge in [-0.15, -0.1) is 0 Å². The van der Waals surface area contributed by atoms with Crippen LogP contribution in [0.4, 0.5) is 0 Å². The largest absolute Gasteiger partial charge is 0.420 e. The van der Waals surface area contributed by atoms with Crippen molar-refractivity contribution < 1.29 is 13.3 Å². The van der Waals surface area contributed by atoms with Crippen molar-refractivity contribution in [2.75, 3.05) is 41.0 Å². The zero-order chi connectivity index (χ0) is 15.6. The van der Waals surface area contributed by atoms with Crippen molar-refractivity contribution >= 4 is 16.9 Å². The SMILES string of the molecule is CCN(CCC[Si](C)(C)OC)CCC[Si](C)(OC)OC. The average Bonchev–Trinajstić information content (AvgIpc) is 2.45. The Kier molecular flexibility index (Phi) is 10.2. The summed E-state index contributed by atoms with van der Waals surface area (Å²) in [5.74, 6) is 0. The molecule has 0 aliphatic rings. The van der Waals surface area contributed by atoms with Gasteiger partial charge in [-0.1, -0.05) is 6.92 Å². The molecule has 0 saturated heterocycles. The van der Waals surface area contributed by atoms with Crippen molar-refractivity contribution in [3.05, 3.63) is 0 Å². The molecule has 0 radical (unpaired) electrons. The van der Waals surface area contributed by atoms with Gasteiger partial charge in [0, 0.05) is 21.3 Å². The fourth-order valence-corrected chi connectivity index (χ4v) is 4.76. The third kappa shape index (κ3) is 8.54. The quantitative estimate of drug-likeness (QED) is 0.516. The summed E-state index contributed by atoms with van der Waals surface area (Å²) in [6.07, 6.45) is 2.40. The maximum atomic E-state index is 5.60. The molecule has 0 aromatic rings. The van der Waals surface area contributed by atoms with Crippen LogP contribution in [0.1, 0.15) is 19.8 Å². The Morgan fingerprint density at radius 1 is 0.800 bits per heavy atom. The Bertz CT molecular complexity index is 249. The maximum Gasteiger partial charge on any atom is 0.334 e. The third-order valence-corrected chi connectivity index (χ3v) is 9.87. The molecule has 0 aromatic heterocycles. The molecule has 122 valence electrons. The molecule has 0 fully saturated rings. The highest BCUT2D eigenvalue weighted by atomic mass is 28.4. The van der Waals surface area contributed by atoms with Crippen molar-refractivity contribution in [1.82, 2.24) is 4.90 Å². The first-order valence-corrected chi connectivity index (χ1v) is 13.3. The van der Waals surface area contributed by atoms with Crippen LogP contribution in [0.25, 0.3) is 0 Å². The standard InChI is InChI=1S/C14H35NO3Si2/c1-8-15(11-9-13-19(5,6)16-2)12-10-14-20(7,17-3)18-4/h8-14H2,1-7H3. The van der Waals surface area contributed by atoms with E-state index >= 15 is 0 Å². The second-order valence-corrected chi connectivity index (χ2v) is 14.2. The van der Waals surface area contributed by atoms with E-state index in [-0.39, 0.29) is 0 Å². The predicted octanol–water partition coefficient (Wildman–Crippen LogP) is 3.30. The summed E-state index contributed by atoms with van der Waals surface area (Å²) in [6, 6.07) is 2.30. The molecule has 0 bridgehead atoms. The molecule has 0 rings (SSSR count). The second-order valence-electron chi connectivity index (χ2n) is 6.15. The highest BCUT2D eigenvalue weighted by molar-refractivity contribution is 6.71. The van der Waals surface area contributed by atoms with Gasteiger partial charge >= 0.3 is 8.56 Å². The number of nitrogens with zero attached hydrogens (tertiary/aromatic N) is 1. The monoisotopic (exact) mass is 321 g/mol. The van der Waals surface area contributed by atoms with E-state index in [1.165, 1.54) is 19.0 Å². The van der Waals surface area contributed by atoms with E-state index in [1.54, 1.807) is 14.2 Å². The van der Waals surface area contributed by atoms with Crippen molar-refractivity contribution in [2.24, 2.45) is 0 Å². The summed E-state index contributed by atoms with van der Waals surface area (Å²) in [5, 5.41) is 0. The summed E-state index contributed by atoms with van der Waals surface area (Å²) in [4.78, 5) is 2.53. The van der Waals surface area contributed by atoms with Gasteiger partial charge in [-0.25, -0.2) is 0 Å². The van der Waals surface area contributed by atoms with E-state index in [9.17, 15) is 0 Å². The molecule has 0 N–H and O–H groups in total. The maximum absolute atomic E-state index is 5.60. The van der Waals surface area contributed by atoms with Gasteiger partial charge in [-0.2, -0.15) is 0 Å². The molecular formula is C14H35NO3Si2. The van der Waals surface area contributed by atoms with Crippen LogP contribution in [0.3, 0.4) is 0 Å². The van der Waals surface area contributed by atoms with Gasteiger partial charge in [0.25, 0.3) is 0 Å². The molecule has 20 heavy (non-hydrogen) atoms. The Labute approximate surface area is 128 Å². The van der Waals surface area contributed by atoms with E-state index in [1.807, 2.05) is 7.11 Å². The lowest BCUT2D eigenvalue weighted by atomic mass is 10.3. The first kappa shape index (κ1) is 20.3. The minimum Gasteiger partial charge on any atom is -0.420 e. The molecule has 0 aliphatic carbocycles. The zero-order valence-corrected chi connectivity index (χ0v) is 16.6. The van der Waals surface area contributed by atoms with E-state index in [2.05, 4.69) is 31.5 Å². The Morgan fingerprint density at radius 3 is 1.70 bits per heavy atom. The zero-order valence-electron chi connectivity index (χ0n) is 14.6. The highest BCUT2D eigenvalue weighted by Gasteiger charge is 2.28. The van der Waals surface area contributed by atoms with Crippen LogP contribution < -0.4 is 0 Å². The molecule has 0 amide bonds. The van der Waals surface area contributed by atoms with Gasteiger partial charge in [0.1, 0.15) is 0 Å². The van der Waals surface area contributed by atoms with E-state index in [0.717, 1.165) is 25.6 Å². The normalized spacial score (nSPS) is 13.2. The molecule has 4 nitrogen and oxygen atoms in total. The molecule has 0 heterocycles. The minimum absolute atomic E-state index is 1.06. The Balaban J connectivity index is 3.93. The van der Waals surface area contributed by atoms with Gasteiger partial charge in [-0.3, -0.25) is 0 Å². The number of rotatable bonds is 12. The van der Waals surface area contributed by atoms with Crippen LogP contribution in [0.5, 0.6) is 0 Å². The van der Waals surface area contributed by atoms with Crippen molar-refractivity contribution in [2.45, 2.75) is 51.5 Å². The summed E-state index contributed by atoms with van der Waals surface area (Å²) in [7, 11) is 2.12. The van der Waals surface area contributed by atoms with Gasteiger partial charge in [0.05, 0.1) is 0 Å². The van der Waals surface area contributed by atoms with Crippen LogP contribution in [0, 0.1) is 0 Å². The van der Waals surface area contributed by atoms with Crippen LogP contribution >= 0.6 is 0 Å². The van der Waals surface area contributed by atoms with Gasteiger partial charge < -0.3 is 18.2 Å². The topological polar surface area (TPSA) is 30.9 Å². The van der Waals surface area contributed by atoms with Crippen LogP contribution in [0.15, 0.2) is 0 Å². The van der Waals surface area contributed by atoms with Crippen LogP contribution in [-0.4, -0.2) is 62.7 Å². The van der Waals surface area contributed by atoms with Crippen molar-refractivity contribution in [3.8, 4) is 0 Å². The van der Waals surface area contributed by atoms with Crippen LogP contribution in [-0.2, 0) is 13.3 Å². The lowest BCUT2D eigenvalue weighted by molar-refractivity contribution is 0.240. The first-order valence-electron chi connectivity index (χ1n) is 7.70. The fourth-order valence-electron chi connectivity index (χ4n) is 2.17. The molecule has 0 unspecified atom stereocenters. The molecule has 6 heteroatoms. The minimum atomic E-state index is -1.88. The van der Waals surface area contributed by atoms with Crippen molar-refractivity contribution in [3.63, 3.8) is 0 Å². The Morgan fingerprint density at radius 2 is 1.30 bits per heavy atom. The summed E-state index contributed by atoms with van der Waals surface area (Å²) in [5.41, 5.74) is 0. The van der Waals surface area contributed by atoms with Crippen LogP contribution in [0.2, 0.25) is 31.7 Å². The molecule has 0 saturated carbocycles. The lowest BCUT2D eigenvalue weighted by Crippen LogP contribution is -2.37. The molecule has 0 aliphatic heterocycles. The van der Waals surface area contributed by atoms with E-state index in [4.69, 9.17) is 13.3 Å². The van der Waals surface area contributed by atoms with E-state index in [0.29, 0.717) is 0 Å². The number of hydrogen-bond donors (Lipinski definition) is 0. The first-order chi connectivity index (χ1) is 9.32. The van der Waals surface area contributed by atoms with Crippen molar-refractivity contribution in [1.29, 1.82) is 0 Å². The summed E-state index contributed by atoms with van der Waals surface area (Å²) >= 11 is 0. The molecule has 0 spiro atoms. The van der Waals surface area contributed by atoms with E-state index < -0.39 is 16.9 Å². The predicted molar refractivity (Wildman–Crippen MR) is 91.1 cm³/mol. The van der Waals surface area contributed by atoms with Gasteiger partial charge in [-0.05, 0) is 64.2 Å². The molecule has 0 atom stereocenters. The summed E-state index contributed by atoms with van der Waals surface area (Å²) < 4.78 is 16.7. The Hall–Kier alpha value is 0.274. The smallest absolute Gasteiger partial charge is 0.334 e. The number of hydrogen-bond acceptors (Lipinski definition) is 4. The summed E-state index contributed by atoms with van der Waals surface area (Å²) in [6.45, 7) is 12.4. The van der Waals surface area contributed by atoms with Gasteiger partial charge in [0.2, 0.25) is 0 Å². The highest BCUT2D eigenvalue weighted by Crippen LogP contribution is 2.15. The lowest BCUT2D eigenvalue weighted by Gasteiger charge is -2.26. The fraction of sp³-hybridized carbons (Fsp3) is 1.00. The molecule has 0 aromatic carbocycles. The average molecular weight is 322 g/mol. The van der Waals surface area contributed by atoms with Gasteiger partial charge in [0.15, 0.2) is 8.32 Å². The third-order valence-electron chi connectivity index (χ3n) is 4.22. The molecular weight excluding hydrogens is 286 g/mol.